The van der Waals surface area contributed by atoms with Gasteiger partial charge in [-0.2, -0.15) is 9.13 Å². The van der Waals surface area contributed by atoms with Gasteiger partial charge in [0.2, 0.25) is 0 Å². The van der Waals surface area contributed by atoms with Gasteiger partial charge in [0.05, 0.1) is 22.7 Å². The molecule has 0 spiro atoms. The first-order valence-electron chi connectivity index (χ1n) is 27.3. The molecule has 15 aromatic rings. The maximum Gasteiger partial charge on any atom is 0.255 e. The number of hydrogen-bond donors (Lipinski definition) is 0. The molecule has 5 heteroatoms. The normalized spacial score (nSPS) is 11.6. The minimum atomic E-state index is 0.740. The zero-order chi connectivity index (χ0) is 52.9. The van der Waals surface area contributed by atoms with Crippen molar-refractivity contribution in [3.63, 3.8) is 0 Å². The number of furan rings is 1. The molecule has 0 saturated carbocycles. The first-order valence-corrected chi connectivity index (χ1v) is 27.3. The molecular weight excluding hydrogens is 973 g/mol. The first-order chi connectivity index (χ1) is 39.6. The maximum atomic E-state index is 5.86. The number of pyridine rings is 1. The van der Waals surface area contributed by atoms with E-state index in [0.717, 1.165) is 101 Å². The summed E-state index contributed by atoms with van der Waals surface area (Å²) >= 11 is 0. The number of nitrogens with zero attached hydrogens (tertiary/aromatic N) is 4. The van der Waals surface area contributed by atoms with E-state index in [4.69, 9.17) is 9.40 Å². The largest absolute Gasteiger partial charge is 0.464 e. The molecule has 0 amide bonds. The minimum Gasteiger partial charge on any atom is -0.464 e. The molecule has 80 heavy (non-hydrogen) atoms. The van der Waals surface area contributed by atoms with Gasteiger partial charge in [-0.25, -0.2) is 4.98 Å². The van der Waals surface area contributed by atoms with Crippen LogP contribution in [0.25, 0.3) is 128 Å². The van der Waals surface area contributed by atoms with Crippen LogP contribution in [-0.2, 0) is 6.42 Å². The Bertz CT molecular complexity index is 4520. The van der Waals surface area contributed by atoms with Gasteiger partial charge in [-0.15, -0.1) is 0 Å². The van der Waals surface area contributed by atoms with Crippen molar-refractivity contribution in [1.29, 1.82) is 0 Å². The summed E-state index contributed by atoms with van der Waals surface area (Å²) in [6, 6.07) is 101. The van der Waals surface area contributed by atoms with E-state index in [0.29, 0.717) is 0 Å². The maximum absolute atomic E-state index is 5.86. The van der Waals surface area contributed by atoms with E-state index in [2.05, 4.69) is 287 Å². The van der Waals surface area contributed by atoms with Crippen LogP contribution in [0.2, 0.25) is 0 Å². The second-order valence-electron chi connectivity index (χ2n) is 20.6. The average molecular weight is 1020 g/mol. The fourth-order valence-corrected chi connectivity index (χ4v) is 12.0. The van der Waals surface area contributed by atoms with Gasteiger partial charge in [0.25, 0.3) is 6.33 Å². The predicted octanol–water partition coefficient (Wildman–Crippen LogP) is 18.7. The Morgan fingerprint density at radius 1 is 0.362 bits per heavy atom. The van der Waals surface area contributed by atoms with E-state index in [-0.39, 0.29) is 0 Å². The smallest absolute Gasteiger partial charge is 0.255 e. The highest BCUT2D eigenvalue weighted by molar-refractivity contribution is 6.10. The van der Waals surface area contributed by atoms with Gasteiger partial charge in [-0.3, -0.25) is 4.57 Å². The number of imidazole rings is 1. The molecule has 4 aromatic heterocycles. The zero-order valence-corrected chi connectivity index (χ0v) is 43.7. The summed E-state index contributed by atoms with van der Waals surface area (Å²) in [5, 5.41) is 3.36. The quantitative estimate of drug-likeness (QED) is 0.121. The molecule has 0 bridgehead atoms. The molecule has 0 N–H and O–H groups in total. The van der Waals surface area contributed by atoms with E-state index in [1.165, 1.54) is 44.2 Å². The van der Waals surface area contributed by atoms with E-state index < -0.39 is 0 Å². The standard InChI is InChI=1S/C75H51N4O/c1-5-20-53(21-6-1)57-44-58(54-22-7-2-8-23-54)47-61(46-57)64-30-18-31-65(62-48-59(55-24-9-3-10-25-55)45-60(49-62)56-26-11-4-12-27-56)74(64)78-50-77(70-33-15-16-34-71(70)78)63-28-17-19-51(42-63)41-52-35-36-67-66-29-13-14-32-69(66)79(72(67)43-52)75-68-38-40-80-73(68)37-39-76-75/h1-40,42-50H,41H2/q+1. The molecule has 0 saturated heterocycles. The van der Waals surface area contributed by atoms with Crippen LogP contribution in [0, 0.1) is 0 Å². The van der Waals surface area contributed by atoms with Crippen molar-refractivity contribution in [2.45, 2.75) is 6.42 Å². The van der Waals surface area contributed by atoms with Gasteiger partial charge >= 0.3 is 0 Å². The molecule has 376 valence electrons. The zero-order valence-electron chi connectivity index (χ0n) is 43.7. The molecule has 0 unspecified atom stereocenters. The third-order valence-corrected chi connectivity index (χ3v) is 15.7. The number of rotatable bonds is 11. The van der Waals surface area contributed by atoms with Gasteiger partial charge in [0, 0.05) is 28.1 Å². The summed E-state index contributed by atoms with van der Waals surface area (Å²) in [6.45, 7) is 0. The van der Waals surface area contributed by atoms with Crippen molar-refractivity contribution in [3.05, 3.63) is 309 Å². The Balaban J connectivity index is 0.918. The molecule has 0 aliphatic carbocycles. The van der Waals surface area contributed by atoms with Gasteiger partial charge in [-0.05, 0) is 158 Å². The average Bonchev–Trinajstić information content (AvgIpc) is 4.43. The summed E-state index contributed by atoms with van der Waals surface area (Å²) in [5.74, 6) is 0.861. The number of aromatic nitrogens is 4. The molecule has 0 aliphatic rings. The summed E-state index contributed by atoms with van der Waals surface area (Å²) in [6.07, 6.45) is 6.62. The topological polar surface area (TPSA) is 39.8 Å². The molecular formula is C75H51N4O+. The van der Waals surface area contributed by atoms with E-state index in [1.54, 1.807) is 6.26 Å². The Kier molecular flexibility index (Phi) is 11.5. The third kappa shape index (κ3) is 8.37. The van der Waals surface area contributed by atoms with Gasteiger partial charge in [0.15, 0.2) is 11.0 Å². The Morgan fingerprint density at radius 2 is 0.875 bits per heavy atom. The van der Waals surface area contributed by atoms with Gasteiger partial charge in [0.1, 0.15) is 22.8 Å². The summed E-state index contributed by atoms with van der Waals surface area (Å²) in [7, 11) is 0. The van der Waals surface area contributed by atoms with Gasteiger partial charge in [-0.1, -0.05) is 194 Å². The number of hydrogen-bond acceptors (Lipinski definition) is 2. The second kappa shape index (κ2) is 19.7. The lowest BCUT2D eigenvalue weighted by molar-refractivity contribution is -0.566. The first kappa shape index (κ1) is 46.7. The van der Waals surface area contributed by atoms with Crippen molar-refractivity contribution in [2.75, 3.05) is 0 Å². The van der Waals surface area contributed by atoms with Crippen LogP contribution in [0.1, 0.15) is 11.1 Å². The van der Waals surface area contributed by atoms with Crippen molar-refractivity contribution < 1.29 is 8.98 Å². The van der Waals surface area contributed by atoms with Crippen LogP contribution in [0.3, 0.4) is 0 Å². The van der Waals surface area contributed by atoms with Crippen LogP contribution in [-0.4, -0.2) is 14.1 Å². The number of fused-ring (bicyclic) bond motifs is 5. The lowest BCUT2D eigenvalue weighted by Crippen LogP contribution is -2.31. The third-order valence-electron chi connectivity index (χ3n) is 15.7. The molecule has 0 aliphatic heterocycles. The Morgan fingerprint density at radius 3 is 1.49 bits per heavy atom. The van der Waals surface area contributed by atoms with Crippen molar-refractivity contribution in [1.82, 2.24) is 14.1 Å². The van der Waals surface area contributed by atoms with Crippen molar-refractivity contribution >= 4 is 43.8 Å². The van der Waals surface area contributed by atoms with E-state index in [1.807, 2.05) is 18.3 Å². The second-order valence-corrected chi connectivity index (χ2v) is 20.6. The van der Waals surface area contributed by atoms with Gasteiger partial charge < -0.3 is 4.42 Å². The highest BCUT2D eigenvalue weighted by Gasteiger charge is 2.27. The minimum absolute atomic E-state index is 0.740. The van der Waals surface area contributed by atoms with Crippen LogP contribution < -0.4 is 4.57 Å². The molecule has 0 atom stereocenters. The Labute approximate surface area is 463 Å². The summed E-state index contributed by atoms with van der Waals surface area (Å²) in [4.78, 5) is 4.94. The number of benzene rings is 11. The molecule has 0 radical (unpaired) electrons. The Hall–Kier alpha value is -10.6. The van der Waals surface area contributed by atoms with Crippen LogP contribution in [0.15, 0.2) is 302 Å². The molecule has 5 nitrogen and oxygen atoms in total. The molecule has 15 rings (SSSR count). The van der Waals surface area contributed by atoms with Crippen molar-refractivity contribution in [3.8, 4) is 84.0 Å². The van der Waals surface area contributed by atoms with Crippen LogP contribution in [0.5, 0.6) is 0 Å². The molecule has 4 heterocycles. The van der Waals surface area contributed by atoms with Crippen molar-refractivity contribution in [2.24, 2.45) is 0 Å². The fourth-order valence-electron chi connectivity index (χ4n) is 12.0. The van der Waals surface area contributed by atoms with Crippen LogP contribution >= 0.6 is 0 Å². The predicted molar refractivity (Wildman–Crippen MR) is 329 cm³/mol. The van der Waals surface area contributed by atoms with E-state index >= 15 is 0 Å². The monoisotopic (exact) mass is 1020 g/mol. The fraction of sp³-hybridized carbons (Fsp3) is 0.0133. The highest BCUT2D eigenvalue weighted by atomic mass is 16.3. The molecule has 0 fully saturated rings. The summed E-state index contributed by atoms with van der Waals surface area (Å²) in [5.41, 5.74) is 23.7. The lowest BCUT2D eigenvalue weighted by atomic mass is 9.89. The lowest BCUT2D eigenvalue weighted by Gasteiger charge is -2.17. The molecule has 11 aromatic carbocycles. The van der Waals surface area contributed by atoms with Crippen LogP contribution in [0.4, 0.5) is 0 Å². The van der Waals surface area contributed by atoms with E-state index in [9.17, 15) is 0 Å². The number of para-hydroxylation sites is 4. The summed E-state index contributed by atoms with van der Waals surface area (Å²) < 4.78 is 12.9. The SMILES string of the molecule is c1ccc(-c2cc(-c3ccccc3)cc(-c3cccc(-c4cc(-c5ccccc5)cc(-c5ccccc5)c4)c3-[n+]3cn(-c4cccc(Cc5ccc6c7ccccc7n(-c7nccc8occc78)c6c5)c4)c4ccccc43)c2)cc1. The highest BCUT2D eigenvalue weighted by Crippen LogP contribution is 2.42.